The highest BCUT2D eigenvalue weighted by Gasteiger charge is 2.30. The van der Waals surface area contributed by atoms with E-state index in [-0.39, 0.29) is 0 Å². The number of hydrogen-bond acceptors (Lipinski definition) is 5. The summed E-state index contributed by atoms with van der Waals surface area (Å²) in [4.78, 5) is 22.5. The van der Waals surface area contributed by atoms with Gasteiger partial charge in [-0.1, -0.05) is 17.7 Å². The number of carboxylic acid groups (broad SMARTS) is 1. The van der Waals surface area contributed by atoms with E-state index in [0.29, 0.717) is 24.4 Å². The average molecular weight is 394 g/mol. The minimum absolute atomic E-state index is 0.501. The highest BCUT2D eigenvalue weighted by atomic mass is 16.5. The average Bonchev–Trinajstić information content (AvgIpc) is 3.22. The molecule has 0 amide bonds. The van der Waals surface area contributed by atoms with E-state index in [4.69, 9.17) is 4.74 Å². The van der Waals surface area contributed by atoms with Crippen molar-refractivity contribution in [2.45, 2.75) is 32.5 Å². The van der Waals surface area contributed by atoms with Crippen molar-refractivity contribution in [1.82, 2.24) is 19.4 Å². The van der Waals surface area contributed by atoms with Gasteiger partial charge >= 0.3 is 5.97 Å². The number of ether oxygens (including phenoxy) is 1. The predicted octanol–water partition coefficient (Wildman–Crippen LogP) is 3.31. The molecule has 29 heavy (non-hydrogen) atoms. The summed E-state index contributed by atoms with van der Waals surface area (Å²) in [5.74, 6) is -0.317. The van der Waals surface area contributed by atoms with Crippen LogP contribution in [0, 0.1) is 6.92 Å². The fourth-order valence-corrected chi connectivity index (χ4v) is 3.45. The number of methoxy groups -OCH3 is 1. The van der Waals surface area contributed by atoms with E-state index in [1.807, 2.05) is 52.9 Å². The van der Waals surface area contributed by atoms with E-state index in [2.05, 4.69) is 9.97 Å². The minimum atomic E-state index is -0.898. The number of aromatic nitrogens is 3. The molecular weight excluding hydrogens is 368 g/mol. The Labute approximate surface area is 170 Å². The zero-order valence-electron chi connectivity index (χ0n) is 16.7. The molecule has 0 radical (unpaired) electrons. The summed E-state index contributed by atoms with van der Waals surface area (Å²) in [5.41, 5.74) is 2.67. The van der Waals surface area contributed by atoms with Gasteiger partial charge < -0.3 is 14.4 Å². The Morgan fingerprint density at radius 2 is 2.00 bits per heavy atom. The highest BCUT2D eigenvalue weighted by molar-refractivity contribution is 5.77. The molecule has 0 saturated carbocycles. The van der Waals surface area contributed by atoms with Gasteiger partial charge in [0.2, 0.25) is 0 Å². The largest absolute Gasteiger partial charge is 0.496 e. The van der Waals surface area contributed by atoms with Gasteiger partial charge in [0.05, 0.1) is 13.4 Å². The molecule has 2 aromatic heterocycles. The lowest BCUT2D eigenvalue weighted by atomic mass is 10.0. The van der Waals surface area contributed by atoms with Gasteiger partial charge in [-0.15, -0.1) is 0 Å². The maximum absolute atomic E-state index is 12.4. The number of benzene rings is 1. The van der Waals surface area contributed by atoms with Crippen molar-refractivity contribution in [3.8, 4) is 5.75 Å². The first-order chi connectivity index (χ1) is 14.1. The summed E-state index contributed by atoms with van der Waals surface area (Å²) in [7, 11) is 1.57. The molecule has 7 heteroatoms. The van der Waals surface area contributed by atoms with Crippen LogP contribution < -0.4 is 4.74 Å². The first-order valence-electron chi connectivity index (χ1n) is 9.54. The van der Waals surface area contributed by atoms with Crippen LogP contribution in [0.2, 0.25) is 0 Å². The van der Waals surface area contributed by atoms with Gasteiger partial charge in [0.25, 0.3) is 0 Å². The molecular formula is C22H26N4O3. The van der Waals surface area contributed by atoms with Crippen LogP contribution in [0.4, 0.5) is 0 Å². The third-order valence-electron chi connectivity index (χ3n) is 4.83. The molecule has 0 aliphatic rings. The molecule has 2 heterocycles. The fourth-order valence-electron chi connectivity index (χ4n) is 3.45. The number of hydrogen-bond donors (Lipinski definition) is 1. The summed E-state index contributed by atoms with van der Waals surface area (Å²) in [5, 5.41) is 10.1. The summed E-state index contributed by atoms with van der Waals surface area (Å²) in [6.07, 6.45) is 9.66. The molecule has 0 fully saturated rings. The summed E-state index contributed by atoms with van der Waals surface area (Å²) in [6.45, 7) is 3.83. The Balaban J connectivity index is 1.89. The Bertz CT molecular complexity index is 913. The molecule has 1 atom stereocenters. The molecule has 1 aromatic carbocycles. The van der Waals surface area contributed by atoms with Crippen molar-refractivity contribution in [2.24, 2.45) is 0 Å². The van der Waals surface area contributed by atoms with Crippen LogP contribution in [-0.2, 0) is 17.9 Å². The Kier molecular flexibility index (Phi) is 6.97. The first kappa shape index (κ1) is 20.5. The third-order valence-corrected chi connectivity index (χ3v) is 4.83. The number of rotatable bonds is 10. The molecule has 0 unspecified atom stereocenters. The van der Waals surface area contributed by atoms with Gasteiger partial charge in [-0.05, 0) is 37.1 Å². The molecule has 0 saturated heterocycles. The Morgan fingerprint density at radius 3 is 2.66 bits per heavy atom. The number of aryl methyl sites for hydroxylation is 2. The Morgan fingerprint density at radius 1 is 1.21 bits per heavy atom. The molecule has 0 spiro atoms. The second-order valence-corrected chi connectivity index (χ2v) is 6.97. The normalized spacial score (nSPS) is 12.1. The first-order valence-corrected chi connectivity index (χ1v) is 9.54. The predicted molar refractivity (Wildman–Crippen MR) is 110 cm³/mol. The lowest BCUT2D eigenvalue weighted by Gasteiger charge is -2.30. The van der Waals surface area contributed by atoms with Crippen molar-refractivity contribution in [3.05, 3.63) is 78.1 Å². The van der Waals surface area contributed by atoms with E-state index in [9.17, 15) is 9.90 Å². The van der Waals surface area contributed by atoms with Crippen molar-refractivity contribution >= 4 is 5.97 Å². The van der Waals surface area contributed by atoms with Crippen LogP contribution in [0.15, 0.2) is 61.4 Å². The molecule has 7 nitrogen and oxygen atoms in total. The molecule has 152 valence electrons. The monoisotopic (exact) mass is 394 g/mol. The maximum atomic E-state index is 12.4. The Hall–Kier alpha value is -3.19. The molecule has 1 N–H and O–H groups in total. The molecule has 0 aliphatic carbocycles. The lowest BCUT2D eigenvalue weighted by Crippen LogP contribution is -2.35. The molecule has 0 aliphatic heterocycles. The van der Waals surface area contributed by atoms with Crippen LogP contribution in [0.3, 0.4) is 0 Å². The molecule has 3 rings (SSSR count). The second-order valence-electron chi connectivity index (χ2n) is 6.97. The van der Waals surface area contributed by atoms with E-state index in [0.717, 1.165) is 24.1 Å². The number of imidazole rings is 1. The van der Waals surface area contributed by atoms with Crippen LogP contribution in [0.25, 0.3) is 0 Å². The number of pyridine rings is 1. The van der Waals surface area contributed by atoms with Crippen LogP contribution in [0.1, 0.15) is 29.2 Å². The summed E-state index contributed by atoms with van der Waals surface area (Å²) >= 11 is 0. The SMILES string of the molecule is COc1ccc(C)cc1[C@H](C(=O)O)N(CCCn1ccnc1)Cc1ccncc1. The summed E-state index contributed by atoms with van der Waals surface area (Å²) < 4.78 is 7.48. The van der Waals surface area contributed by atoms with Crippen molar-refractivity contribution in [1.29, 1.82) is 0 Å². The van der Waals surface area contributed by atoms with Gasteiger partial charge in [0, 0.05) is 50.0 Å². The van der Waals surface area contributed by atoms with Gasteiger partial charge in [-0.3, -0.25) is 14.7 Å². The van der Waals surface area contributed by atoms with E-state index in [1.54, 1.807) is 32.0 Å². The van der Waals surface area contributed by atoms with Crippen LogP contribution >= 0.6 is 0 Å². The molecule has 3 aromatic rings. The van der Waals surface area contributed by atoms with Crippen molar-refractivity contribution in [2.75, 3.05) is 13.7 Å². The highest BCUT2D eigenvalue weighted by Crippen LogP contribution is 2.32. The van der Waals surface area contributed by atoms with E-state index < -0.39 is 12.0 Å². The topological polar surface area (TPSA) is 80.5 Å². The number of aliphatic carboxylic acids is 1. The van der Waals surface area contributed by atoms with E-state index >= 15 is 0 Å². The maximum Gasteiger partial charge on any atom is 0.325 e. The van der Waals surface area contributed by atoms with Gasteiger partial charge in [0.15, 0.2) is 0 Å². The minimum Gasteiger partial charge on any atom is -0.496 e. The molecule has 0 bridgehead atoms. The van der Waals surface area contributed by atoms with Gasteiger partial charge in [0.1, 0.15) is 11.8 Å². The van der Waals surface area contributed by atoms with Gasteiger partial charge in [-0.2, -0.15) is 0 Å². The summed E-state index contributed by atoms with van der Waals surface area (Å²) in [6, 6.07) is 8.66. The van der Waals surface area contributed by atoms with Crippen molar-refractivity contribution < 1.29 is 14.6 Å². The zero-order valence-corrected chi connectivity index (χ0v) is 16.7. The third kappa shape index (κ3) is 5.42. The zero-order chi connectivity index (χ0) is 20.6. The van der Waals surface area contributed by atoms with Crippen molar-refractivity contribution in [3.63, 3.8) is 0 Å². The standard InChI is InChI=1S/C22H26N4O3/c1-17-4-5-20(29-2)19(14-17)21(22(27)28)26(15-18-6-8-23-9-7-18)12-3-11-25-13-10-24-16-25/h4-10,13-14,16,21H,3,11-12,15H2,1-2H3,(H,27,28)/t21-/m1/s1. The number of nitrogens with zero attached hydrogens (tertiary/aromatic N) is 4. The quantitative estimate of drug-likeness (QED) is 0.568. The fraction of sp³-hybridized carbons (Fsp3) is 0.318. The smallest absolute Gasteiger partial charge is 0.325 e. The van der Waals surface area contributed by atoms with E-state index in [1.165, 1.54) is 0 Å². The van der Waals surface area contributed by atoms with Crippen LogP contribution in [0.5, 0.6) is 5.75 Å². The van der Waals surface area contributed by atoms with Gasteiger partial charge in [-0.25, -0.2) is 4.98 Å². The number of carboxylic acids is 1. The van der Waals surface area contributed by atoms with Crippen LogP contribution in [-0.4, -0.2) is 44.2 Å². The number of carbonyl (C=O) groups is 1. The second kappa shape index (κ2) is 9.84. The lowest BCUT2D eigenvalue weighted by molar-refractivity contribution is -0.144.